The molecule has 0 amide bonds. The number of nitrogens with two attached hydrogens (primary N) is 1. The summed E-state index contributed by atoms with van der Waals surface area (Å²) in [7, 11) is 0. The molecule has 1 aromatic rings. The molecule has 0 aromatic heterocycles. The lowest BCUT2D eigenvalue weighted by atomic mass is 10.00. The Labute approximate surface area is 93.2 Å². The lowest BCUT2D eigenvalue weighted by Crippen LogP contribution is -2.18. The van der Waals surface area contributed by atoms with Crippen molar-refractivity contribution >= 4 is 0 Å². The van der Waals surface area contributed by atoms with Crippen molar-refractivity contribution in [3.63, 3.8) is 0 Å². The second-order valence-electron chi connectivity index (χ2n) is 3.59. The zero-order valence-corrected chi connectivity index (χ0v) is 8.65. The second kappa shape index (κ2) is 4.21. The highest BCUT2D eigenvalue weighted by molar-refractivity contribution is 5.37. The maximum Gasteiger partial charge on any atom is 0.417 e. The molecule has 0 radical (unpaired) electrons. The van der Waals surface area contributed by atoms with Crippen LogP contribution in [0, 0.1) is 0 Å². The molecule has 0 aliphatic rings. The normalized spacial score (nSPS) is 14.8. The molecule has 7 heteroatoms. The highest BCUT2D eigenvalue weighted by Crippen LogP contribution is 2.40. The van der Waals surface area contributed by atoms with Crippen molar-refractivity contribution in [3.05, 3.63) is 34.9 Å². The molecule has 1 rings (SSSR count). The number of hydrogen-bond acceptors (Lipinski definition) is 1. The van der Waals surface area contributed by atoms with Gasteiger partial charge in [-0.2, -0.15) is 26.3 Å². The number of alkyl halides is 6. The van der Waals surface area contributed by atoms with Crippen molar-refractivity contribution < 1.29 is 26.3 Å². The van der Waals surface area contributed by atoms with Crippen molar-refractivity contribution in [2.24, 2.45) is 5.73 Å². The molecular formula is C10H9F6N. The highest BCUT2D eigenvalue weighted by atomic mass is 19.4. The zero-order chi connectivity index (χ0) is 13.4. The maximum atomic E-state index is 12.5. The van der Waals surface area contributed by atoms with Crippen molar-refractivity contribution in [2.45, 2.75) is 25.3 Å². The molecule has 1 aromatic carbocycles. The molecule has 96 valence electrons. The minimum atomic E-state index is -5.06. The van der Waals surface area contributed by atoms with Gasteiger partial charge in [-0.1, -0.05) is 6.07 Å². The Morgan fingerprint density at radius 2 is 1.41 bits per heavy atom. The first kappa shape index (κ1) is 13.8. The summed E-state index contributed by atoms with van der Waals surface area (Å²) in [5, 5.41) is 0. The highest BCUT2D eigenvalue weighted by Gasteiger charge is 2.43. The Balaban J connectivity index is 3.43. The van der Waals surface area contributed by atoms with Gasteiger partial charge in [-0.25, -0.2) is 0 Å². The van der Waals surface area contributed by atoms with Crippen LogP contribution in [0.1, 0.15) is 29.7 Å². The van der Waals surface area contributed by atoms with E-state index in [4.69, 9.17) is 5.73 Å². The van der Waals surface area contributed by atoms with Crippen LogP contribution in [-0.2, 0) is 12.4 Å². The summed E-state index contributed by atoms with van der Waals surface area (Å²) in [5.41, 5.74) is 1.93. The third-order valence-electron chi connectivity index (χ3n) is 2.18. The van der Waals surface area contributed by atoms with Crippen molar-refractivity contribution in [3.8, 4) is 0 Å². The molecule has 2 N–H and O–H groups in total. The van der Waals surface area contributed by atoms with Crippen LogP contribution in [0.25, 0.3) is 0 Å². The predicted octanol–water partition coefficient (Wildman–Crippen LogP) is 3.74. The van der Waals surface area contributed by atoms with Gasteiger partial charge in [-0.05, 0) is 24.6 Å². The lowest BCUT2D eigenvalue weighted by molar-refractivity contribution is -0.162. The summed E-state index contributed by atoms with van der Waals surface area (Å²) in [6, 6.07) is 1.02. The van der Waals surface area contributed by atoms with Gasteiger partial charge in [0.15, 0.2) is 0 Å². The molecule has 0 heterocycles. The van der Waals surface area contributed by atoms with Gasteiger partial charge in [0.25, 0.3) is 0 Å². The van der Waals surface area contributed by atoms with Crippen LogP contribution in [0.4, 0.5) is 26.3 Å². The van der Waals surface area contributed by atoms with E-state index in [9.17, 15) is 26.3 Å². The Bertz CT molecular complexity index is 404. The molecule has 0 spiro atoms. The van der Waals surface area contributed by atoms with Gasteiger partial charge in [0.1, 0.15) is 0 Å². The molecule has 1 atom stereocenters. The molecule has 0 bridgehead atoms. The number of benzene rings is 1. The summed E-state index contributed by atoms with van der Waals surface area (Å²) >= 11 is 0. The van der Waals surface area contributed by atoms with Crippen LogP contribution in [0.15, 0.2) is 18.2 Å². The van der Waals surface area contributed by atoms with Crippen molar-refractivity contribution in [1.29, 1.82) is 0 Å². The van der Waals surface area contributed by atoms with Gasteiger partial charge in [-0.15, -0.1) is 0 Å². The van der Waals surface area contributed by atoms with E-state index in [1.54, 1.807) is 0 Å². The molecular weight excluding hydrogens is 248 g/mol. The van der Waals surface area contributed by atoms with E-state index in [-0.39, 0.29) is 5.56 Å². The molecule has 0 saturated carbocycles. The molecule has 1 nitrogen and oxygen atoms in total. The summed E-state index contributed by atoms with van der Waals surface area (Å²) in [6.07, 6.45) is -10.1. The Hall–Kier alpha value is -1.24. The summed E-state index contributed by atoms with van der Waals surface area (Å²) < 4.78 is 74.6. The van der Waals surface area contributed by atoms with E-state index in [1.165, 1.54) is 6.92 Å². The topological polar surface area (TPSA) is 26.0 Å². The number of halogens is 6. The van der Waals surface area contributed by atoms with E-state index >= 15 is 0 Å². The van der Waals surface area contributed by atoms with Gasteiger partial charge in [0.05, 0.1) is 11.1 Å². The summed E-state index contributed by atoms with van der Waals surface area (Å²) in [5.74, 6) is 0. The van der Waals surface area contributed by atoms with Crippen LogP contribution < -0.4 is 5.73 Å². The van der Waals surface area contributed by atoms with E-state index in [0.717, 1.165) is 6.07 Å². The van der Waals surface area contributed by atoms with E-state index in [1.807, 2.05) is 0 Å². The third-order valence-corrected chi connectivity index (χ3v) is 2.18. The van der Waals surface area contributed by atoms with Gasteiger partial charge in [-0.3, -0.25) is 0 Å². The van der Waals surface area contributed by atoms with E-state index < -0.39 is 29.5 Å². The standard InChI is InChI=1S/C10H9F6N/c1-5(17)6-2-3-7(9(11,12)13)8(4-6)10(14,15)16/h2-5H,17H2,1H3. The van der Waals surface area contributed by atoms with E-state index in [0.29, 0.717) is 12.1 Å². The lowest BCUT2D eigenvalue weighted by Gasteiger charge is -2.17. The number of rotatable bonds is 1. The van der Waals surface area contributed by atoms with Crippen LogP contribution in [0.3, 0.4) is 0 Å². The predicted molar refractivity (Wildman–Crippen MR) is 49.0 cm³/mol. The van der Waals surface area contributed by atoms with E-state index in [2.05, 4.69) is 0 Å². The fourth-order valence-electron chi connectivity index (χ4n) is 1.33. The van der Waals surface area contributed by atoms with Crippen LogP contribution in [-0.4, -0.2) is 0 Å². The first-order valence-corrected chi connectivity index (χ1v) is 4.57. The molecule has 1 unspecified atom stereocenters. The first-order chi connectivity index (χ1) is 7.53. The van der Waals surface area contributed by atoms with Crippen LogP contribution in [0.5, 0.6) is 0 Å². The fraction of sp³-hybridized carbons (Fsp3) is 0.400. The maximum absolute atomic E-state index is 12.5. The van der Waals surface area contributed by atoms with Gasteiger partial charge in [0, 0.05) is 6.04 Å². The van der Waals surface area contributed by atoms with Crippen LogP contribution >= 0.6 is 0 Å². The molecule has 0 aliphatic carbocycles. The molecule has 17 heavy (non-hydrogen) atoms. The zero-order valence-electron chi connectivity index (χ0n) is 8.65. The quantitative estimate of drug-likeness (QED) is 0.762. The minimum Gasteiger partial charge on any atom is -0.324 e. The summed E-state index contributed by atoms with van der Waals surface area (Å²) in [6.45, 7) is 1.39. The smallest absolute Gasteiger partial charge is 0.324 e. The molecule has 0 aliphatic heterocycles. The first-order valence-electron chi connectivity index (χ1n) is 4.57. The fourth-order valence-corrected chi connectivity index (χ4v) is 1.33. The molecule has 0 fully saturated rings. The SMILES string of the molecule is CC(N)c1ccc(C(F)(F)F)c(C(F)(F)F)c1. The van der Waals surface area contributed by atoms with Gasteiger partial charge in [0.2, 0.25) is 0 Å². The summed E-state index contributed by atoms with van der Waals surface area (Å²) in [4.78, 5) is 0. The largest absolute Gasteiger partial charge is 0.417 e. The monoisotopic (exact) mass is 257 g/mol. The Morgan fingerprint density at radius 3 is 1.76 bits per heavy atom. The second-order valence-corrected chi connectivity index (χ2v) is 3.59. The average Bonchev–Trinajstić information content (AvgIpc) is 2.14. The Morgan fingerprint density at radius 1 is 0.941 bits per heavy atom. The number of hydrogen-bond donors (Lipinski definition) is 1. The minimum absolute atomic E-state index is 0.00493. The van der Waals surface area contributed by atoms with Crippen LogP contribution in [0.2, 0.25) is 0 Å². The molecule has 0 saturated heterocycles. The average molecular weight is 257 g/mol. The van der Waals surface area contributed by atoms with Crippen molar-refractivity contribution in [1.82, 2.24) is 0 Å². The third kappa shape index (κ3) is 3.12. The van der Waals surface area contributed by atoms with Gasteiger partial charge >= 0.3 is 12.4 Å². The van der Waals surface area contributed by atoms with Gasteiger partial charge < -0.3 is 5.73 Å². The van der Waals surface area contributed by atoms with Crippen molar-refractivity contribution in [2.75, 3.05) is 0 Å². The Kier molecular flexibility index (Phi) is 3.42.